The van der Waals surface area contributed by atoms with E-state index in [1.54, 1.807) is 0 Å². The van der Waals surface area contributed by atoms with Crippen LogP contribution >= 0.6 is 0 Å². The SMILES string of the molecule is O=C(NC1CCCC1)NC1COCCC1OCc1ccccc1. The van der Waals surface area contributed by atoms with Gasteiger partial charge in [0.05, 0.1) is 25.4 Å². The van der Waals surface area contributed by atoms with E-state index in [0.717, 1.165) is 24.8 Å². The molecular formula is C18H26N2O3. The van der Waals surface area contributed by atoms with Crippen molar-refractivity contribution in [2.45, 2.75) is 56.9 Å². The fourth-order valence-electron chi connectivity index (χ4n) is 3.30. The Hall–Kier alpha value is -1.59. The molecule has 1 aromatic rings. The average Bonchev–Trinajstić information content (AvgIpc) is 3.08. The highest BCUT2D eigenvalue weighted by Gasteiger charge is 2.28. The summed E-state index contributed by atoms with van der Waals surface area (Å²) >= 11 is 0. The van der Waals surface area contributed by atoms with E-state index >= 15 is 0 Å². The largest absolute Gasteiger partial charge is 0.379 e. The quantitative estimate of drug-likeness (QED) is 0.877. The molecule has 0 bridgehead atoms. The maximum absolute atomic E-state index is 12.2. The highest BCUT2D eigenvalue weighted by molar-refractivity contribution is 5.74. The van der Waals surface area contributed by atoms with Gasteiger partial charge in [-0.15, -0.1) is 0 Å². The van der Waals surface area contributed by atoms with Crippen molar-refractivity contribution < 1.29 is 14.3 Å². The minimum absolute atomic E-state index is 0.00159. The molecule has 1 aromatic carbocycles. The van der Waals surface area contributed by atoms with Gasteiger partial charge in [0.2, 0.25) is 0 Å². The number of carbonyl (C=O) groups is 1. The fraction of sp³-hybridized carbons (Fsp3) is 0.611. The maximum Gasteiger partial charge on any atom is 0.315 e. The lowest BCUT2D eigenvalue weighted by atomic mass is 10.1. The molecule has 2 N–H and O–H groups in total. The highest BCUT2D eigenvalue weighted by atomic mass is 16.5. The van der Waals surface area contributed by atoms with E-state index in [0.29, 0.717) is 25.9 Å². The summed E-state index contributed by atoms with van der Waals surface area (Å²) in [6.45, 7) is 1.76. The van der Waals surface area contributed by atoms with Crippen LogP contribution in [-0.4, -0.2) is 37.4 Å². The van der Waals surface area contributed by atoms with E-state index in [2.05, 4.69) is 22.8 Å². The summed E-state index contributed by atoms with van der Waals surface area (Å²) in [5, 5.41) is 6.09. The van der Waals surface area contributed by atoms with Crippen LogP contribution in [0.4, 0.5) is 4.79 Å². The third-order valence-corrected chi connectivity index (χ3v) is 4.61. The Morgan fingerprint density at radius 3 is 2.70 bits per heavy atom. The molecule has 2 amide bonds. The molecule has 126 valence electrons. The van der Waals surface area contributed by atoms with Gasteiger partial charge in [-0.05, 0) is 24.8 Å². The van der Waals surface area contributed by atoms with E-state index in [4.69, 9.17) is 9.47 Å². The molecule has 1 saturated heterocycles. The zero-order chi connectivity index (χ0) is 15.9. The van der Waals surface area contributed by atoms with Gasteiger partial charge in [0, 0.05) is 12.6 Å². The van der Waals surface area contributed by atoms with Gasteiger partial charge >= 0.3 is 6.03 Å². The van der Waals surface area contributed by atoms with Crippen molar-refractivity contribution in [2.75, 3.05) is 13.2 Å². The Kier molecular flexibility index (Phi) is 5.88. The lowest BCUT2D eigenvalue weighted by Gasteiger charge is -2.32. The summed E-state index contributed by atoms with van der Waals surface area (Å²) in [6.07, 6.45) is 5.39. The fourth-order valence-corrected chi connectivity index (χ4v) is 3.30. The first-order valence-electron chi connectivity index (χ1n) is 8.61. The van der Waals surface area contributed by atoms with Crippen molar-refractivity contribution in [3.63, 3.8) is 0 Å². The smallest absolute Gasteiger partial charge is 0.315 e. The maximum atomic E-state index is 12.2. The van der Waals surface area contributed by atoms with E-state index < -0.39 is 0 Å². The summed E-state index contributed by atoms with van der Waals surface area (Å²) in [5.41, 5.74) is 1.15. The minimum atomic E-state index is -0.0966. The van der Waals surface area contributed by atoms with Crippen LogP contribution in [0.3, 0.4) is 0 Å². The molecule has 2 fully saturated rings. The van der Waals surface area contributed by atoms with E-state index in [1.807, 2.05) is 18.2 Å². The lowest BCUT2D eigenvalue weighted by molar-refractivity contribution is -0.0596. The Balaban J connectivity index is 1.48. The Bertz CT molecular complexity index is 488. The summed E-state index contributed by atoms with van der Waals surface area (Å²) < 4.78 is 11.5. The van der Waals surface area contributed by atoms with Crippen LogP contribution in [0.25, 0.3) is 0 Å². The molecule has 3 rings (SSSR count). The Labute approximate surface area is 137 Å². The molecule has 1 aliphatic carbocycles. The number of nitrogens with one attached hydrogen (secondary N) is 2. The monoisotopic (exact) mass is 318 g/mol. The van der Waals surface area contributed by atoms with Crippen molar-refractivity contribution in [2.24, 2.45) is 0 Å². The second-order valence-corrected chi connectivity index (χ2v) is 6.40. The molecular weight excluding hydrogens is 292 g/mol. The molecule has 1 heterocycles. The second kappa shape index (κ2) is 8.31. The standard InChI is InChI=1S/C18H26N2O3/c21-18(19-15-8-4-5-9-15)20-16-13-22-11-10-17(16)23-12-14-6-2-1-3-7-14/h1-3,6-7,15-17H,4-5,8-13H2,(H2,19,20,21). The predicted octanol–water partition coefficient (Wildman–Crippen LogP) is 2.60. The zero-order valence-corrected chi connectivity index (χ0v) is 13.5. The average molecular weight is 318 g/mol. The van der Waals surface area contributed by atoms with E-state index in [-0.39, 0.29) is 18.2 Å². The number of hydrogen-bond acceptors (Lipinski definition) is 3. The molecule has 2 aliphatic rings. The first-order valence-corrected chi connectivity index (χ1v) is 8.61. The first kappa shape index (κ1) is 16.3. The number of benzene rings is 1. The molecule has 1 saturated carbocycles. The normalized spacial score (nSPS) is 25.2. The van der Waals surface area contributed by atoms with Gasteiger partial charge in [0.1, 0.15) is 0 Å². The number of amides is 2. The predicted molar refractivity (Wildman–Crippen MR) is 88.2 cm³/mol. The summed E-state index contributed by atoms with van der Waals surface area (Å²) in [6, 6.07) is 10.2. The number of urea groups is 1. The van der Waals surface area contributed by atoms with Gasteiger partial charge in [-0.2, -0.15) is 0 Å². The molecule has 0 radical (unpaired) electrons. The topological polar surface area (TPSA) is 59.6 Å². The molecule has 2 atom stereocenters. The molecule has 5 heteroatoms. The molecule has 23 heavy (non-hydrogen) atoms. The number of hydrogen-bond donors (Lipinski definition) is 2. The Morgan fingerprint density at radius 2 is 1.91 bits per heavy atom. The number of rotatable bonds is 5. The van der Waals surface area contributed by atoms with Crippen molar-refractivity contribution >= 4 is 6.03 Å². The molecule has 2 unspecified atom stereocenters. The third kappa shape index (κ3) is 4.94. The highest BCUT2D eigenvalue weighted by Crippen LogP contribution is 2.18. The van der Waals surface area contributed by atoms with Crippen LogP contribution in [0.5, 0.6) is 0 Å². The van der Waals surface area contributed by atoms with Gasteiger partial charge in [-0.3, -0.25) is 0 Å². The summed E-state index contributed by atoms with van der Waals surface area (Å²) in [7, 11) is 0. The minimum Gasteiger partial charge on any atom is -0.379 e. The number of ether oxygens (including phenoxy) is 2. The van der Waals surface area contributed by atoms with Gasteiger partial charge < -0.3 is 20.1 Å². The molecule has 5 nitrogen and oxygen atoms in total. The summed E-state index contributed by atoms with van der Waals surface area (Å²) in [5.74, 6) is 0. The van der Waals surface area contributed by atoms with Gasteiger partial charge in [0.15, 0.2) is 0 Å². The Morgan fingerprint density at radius 1 is 1.13 bits per heavy atom. The van der Waals surface area contributed by atoms with Gasteiger partial charge in [-0.1, -0.05) is 43.2 Å². The van der Waals surface area contributed by atoms with Crippen molar-refractivity contribution in [1.29, 1.82) is 0 Å². The van der Waals surface area contributed by atoms with Crippen molar-refractivity contribution in [3.8, 4) is 0 Å². The van der Waals surface area contributed by atoms with Crippen molar-refractivity contribution in [1.82, 2.24) is 10.6 Å². The number of carbonyl (C=O) groups excluding carboxylic acids is 1. The van der Waals surface area contributed by atoms with Gasteiger partial charge in [-0.25, -0.2) is 4.79 Å². The van der Waals surface area contributed by atoms with Crippen LogP contribution in [0.2, 0.25) is 0 Å². The summed E-state index contributed by atoms with van der Waals surface area (Å²) in [4.78, 5) is 12.2. The molecule has 0 aromatic heterocycles. The third-order valence-electron chi connectivity index (χ3n) is 4.61. The van der Waals surface area contributed by atoms with E-state index in [1.165, 1.54) is 12.8 Å². The van der Waals surface area contributed by atoms with Crippen LogP contribution in [0, 0.1) is 0 Å². The van der Waals surface area contributed by atoms with Crippen LogP contribution in [0.1, 0.15) is 37.7 Å². The first-order chi connectivity index (χ1) is 11.3. The van der Waals surface area contributed by atoms with Gasteiger partial charge in [0.25, 0.3) is 0 Å². The van der Waals surface area contributed by atoms with Crippen LogP contribution in [-0.2, 0) is 16.1 Å². The van der Waals surface area contributed by atoms with E-state index in [9.17, 15) is 4.79 Å². The van der Waals surface area contributed by atoms with Crippen molar-refractivity contribution in [3.05, 3.63) is 35.9 Å². The van der Waals surface area contributed by atoms with Crippen LogP contribution in [0.15, 0.2) is 30.3 Å². The molecule has 0 spiro atoms. The molecule has 1 aliphatic heterocycles. The van der Waals surface area contributed by atoms with Crippen LogP contribution < -0.4 is 10.6 Å². The second-order valence-electron chi connectivity index (χ2n) is 6.40. The zero-order valence-electron chi connectivity index (χ0n) is 13.5. The lowest BCUT2D eigenvalue weighted by Crippen LogP contribution is -2.54.